The van der Waals surface area contributed by atoms with Gasteiger partial charge in [-0.15, -0.1) is 0 Å². The fraction of sp³-hybridized carbons (Fsp3) is 0.348. The van der Waals surface area contributed by atoms with Crippen molar-refractivity contribution in [2.75, 3.05) is 19.7 Å². The van der Waals surface area contributed by atoms with Gasteiger partial charge < -0.3 is 14.5 Å². The third-order valence-corrected chi connectivity index (χ3v) is 5.27. The maximum atomic E-state index is 12.5. The lowest BCUT2D eigenvalue weighted by Gasteiger charge is -2.30. The van der Waals surface area contributed by atoms with Crippen LogP contribution >= 0.6 is 0 Å². The predicted molar refractivity (Wildman–Crippen MR) is 112 cm³/mol. The Morgan fingerprint density at radius 1 is 1.13 bits per heavy atom. The van der Waals surface area contributed by atoms with E-state index in [0.29, 0.717) is 31.4 Å². The monoisotopic (exact) mass is 406 g/mol. The van der Waals surface area contributed by atoms with E-state index < -0.39 is 0 Å². The molecule has 1 fully saturated rings. The molecule has 1 saturated heterocycles. The van der Waals surface area contributed by atoms with Gasteiger partial charge in [0.2, 0.25) is 0 Å². The second kappa shape index (κ2) is 9.43. The standard InChI is InChI=1S/C23H26N4O3/c1-18-3-2-4-21(25-18)15-19-5-7-22(8-6-19)30-23(28)26-12-9-20(10-13-26)16-29-27-14-11-24-17-27/h2-8,11,14,17,20H,9-10,12-13,15-16H2,1H3. The lowest BCUT2D eigenvalue weighted by Crippen LogP contribution is -2.41. The maximum absolute atomic E-state index is 12.5. The first-order valence-corrected chi connectivity index (χ1v) is 10.3. The van der Waals surface area contributed by atoms with Gasteiger partial charge in [0, 0.05) is 37.1 Å². The minimum absolute atomic E-state index is 0.294. The van der Waals surface area contributed by atoms with Crippen LogP contribution in [0.15, 0.2) is 61.2 Å². The summed E-state index contributed by atoms with van der Waals surface area (Å²) in [5.41, 5.74) is 3.17. The van der Waals surface area contributed by atoms with Gasteiger partial charge in [0.25, 0.3) is 0 Å². The Morgan fingerprint density at radius 3 is 2.63 bits per heavy atom. The average molecular weight is 406 g/mol. The molecule has 1 aromatic carbocycles. The van der Waals surface area contributed by atoms with Crippen LogP contribution in [0.1, 0.15) is 29.8 Å². The second-order valence-corrected chi connectivity index (χ2v) is 7.61. The molecule has 0 radical (unpaired) electrons. The molecule has 1 aliphatic rings. The highest BCUT2D eigenvalue weighted by Gasteiger charge is 2.24. The van der Waals surface area contributed by atoms with E-state index in [1.807, 2.05) is 49.4 Å². The fourth-order valence-electron chi connectivity index (χ4n) is 3.54. The number of aryl methyl sites for hydroxylation is 1. The summed E-state index contributed by atoms with van der Waals surface area (Å²) in [5.74, 6) is 0.984. The van der Waals surface area contributed by atoms with Gasteiger partial charge in [-0.1, -0.05) is 18.2 Å². The van der Waals surface area contributed by atoms with Gasteiger partial charge in [0.1, 0.15) is 18.7 Å². The van der Waals surface area contributed by atoms with Crippen LogP contribution < -0.4 is 9.57 Å². The Bertz CT molecular complexity index is 949. The number of carbonyl (C=O) groups is 1. The minimum atomic E-state index is -0.294. The molecule has 1 aliphatic heterocycles. The van der Waals surface area contributed by atoms with Gasteiger partial charge in [-0.3, -0.25) is 4.98 Å². The van der Waals surface area contributed by atoms with Crippen molar-refractivity contribution in [3.8, 4) is 5.75 Å². The van der Waals surface area contributed by atoms with Crippen LogP contribution in [0.2, 0.25) is 0 Å². The smallest absolute Gasteiger partial charge is 0.413 e. The molecular formula is C23H26N4O3. The molecule has 2 aromatic heterocycles. The summed E-state index contributed by atoms with van der Waals surface area (Å²) in [6, 6.07) is 13.7. The molecule has 7 nitrogen and oxygen atoms in total. The van der Waals surface area contributed by atoms with Crippen LogP contribution in [0, 0.1) is 12.8 Å². The zero-order valence-electron chi connectivity index (χ0n) is 17.1. The van der Waals surface area contributed by atoms with E-state index in [2.05, 4.69) is 9.97 Å². The highest BCUT2D eigenvalue weighted by atomic mass is 16.7. The van der Waals surface area contributed by atoms with Gasteiger partial charge >= 0.3 is 6.09 Å². The Labute approximate surface area is 176 Å². The van der Waals surface area contributed by atoms with Crippen LogP contribution in [0.4, 0.5) is 4.79 Å². The lowest BCUT2D eigenvalue weighted by atomic mass is 9.98. The first-order valence-electron chi connectivity index (χ1n) is 10.3. The largest absolute Gasteiger partial charge is 0.415 e. The van der Waals surface area contributed by atoms with E-state index >= 15 is 0 Å². The number of hydrogen-bond acceptors (Lipinski definition) is 5. The number of piperidine rings is 1. The number of ether oxygens (including phenoxy) is 1. The normalized spacial score (nSPS) is 14.5. The quantitative estimate of drug-likeness (QED) is 0.627. The van der Waals surface area contributed by atoms with E-state index in [1.54, 1.807) is 28.4 Å². The summed E-state index contributed by atoms with van der Waals surface area (Å²) >= 11 is 0. The molecule has 0 spiro atoms. The zero-order valence-corrected chi connectivity index (χ0v) is 17.1. The summed E-state index contributed by atoms with van der Waals surface area (Å²) in [6.45, 7) is 3.96. The lowest BCUT2D eigenvalue weighted by molar-refractivity contribution is 0.0541. The van der Waals surface area contributed by atoms with Gasteiger partial charge in [-0.25, -0.2) is 9.78 Å². The molecule has 4 rings (SSSR count). The van der Waals surface area contributed by atoms with Crippen LogP contribution in [0.5, 0.6) is 5.75 Å². The van der Waals surface area contributed by atoms with Crippen molar-refractivity contribution in [1.29, 1.82) is 0 Å². The predicted octanol–water partition coefficient (Wildman–Crippen LogP) is 3.52. The van der Waals surface area contributed by atoms with Crippen molar-refractivity contribution in [3.63, 3.8) is 0 Å². The van der Waals surface area contributed by atoms with Gasteiger partial charge in [0.15, 0.2) is 0 Å². The molecule has 0 atom stereocenters. The van der Waals surface area contributed by atoms with Gasteiger partial charge in [-0.2, -0.15) is 4.73 Å². The van der Waals surface area contributed by atoms with Crippen molar-refractivity contribution in [3.05, 3.63) is 78.1 Å². The highest BCUT2D eigenvalue weighted by Crippen LogP contribution is 2.20. The number of carbonyl (C=O) groups excluding carboxylic acids is 1. The fourth-order valence-corrected chi connectivity index (χ4v) is 3.54. The molecule has 0 saturated carbocycles. The van der Waals surface area contributed by atoms with E-state index in [0.717, 1.165) is 36.2 Å². The second-order valence-electron chi connectivity index (χ2n) is 7.61. The summed E-state index contributed by atoms with van der Waals surface area (Å²) in [4.78, 5) is 28.4. The zero-order chi connectivity index (χ0) is 20.8. The number of benzene rings is 1. The van der Waals surface area contributed by atoms with Gasteiger partial charge in [-0.05, 0) is 55.5 Å². The average Bonchev–Trinajstić information content (AvgIpc) is 3.28. The molecule has 156 valence electrons. The molecule has 0 bridgehead atoms. The summed E-state index contributed by atoms with van der Waals surface area (Å²) in [7, 11) is 0. The number of pyridine rings is 1. The van der Waals surface area contributed by atoms with Crippen LogP contribution in [0.3, 0.4) is 0 Å². The molecule has 7 heteroatoms. The van der Waals surface area contributed by atoms with Crippen molar-refractivity contribution >= 4 is 6.09 Å². The Kier molecular flexibility index (Phi) is 6.27. The topological polar surface area (TPSA) is 69.5 Å². The summed E-state index contributed by atoms with van der Waals surface area (Å²) < 4.78 is 7.17. The summed E-state index contributed by atoms with van der Waals surface area (Å²) in [5, 5.41) is 0. The maximum Gasteiger partial charge on any atom is 0.415 e. The molecule has 1 amide bonds. The van der Waals surface area contributed by atoms with Crippen LogP contribution in [0.25, 0.3) is 0 Å². The van der Waals surface area contributed by atoms with Crippen molar-refractivity contribution < 1.29 is 14.4 Å². The highest BCUT2D eigenvalue weighted by molar-refractivity contribution is 5.70. The third-order valence-electron chi connectivity index (χ3n) is 5.27. The van der Waals surface area contributed by atoms with Crippen molar-refractivity contribution in [1.82, 2.24) is 19.6 Å². The third kappa shape index (κ3) is 5.37. The number of aromatic nitrogens is 3. The number of likely N-dealkylation sites (tertiary alicyclic amines) is 1. The first-order chi connectivity index (χ1) is 14.7. The van der Waals surface area contributed by atoms with E-state index in [9.17, 15) is 4.79 Å². The SMILES string of the molecule is Cc1cccc(Cc2ccc(OC(=O)N3CCC(COn4ccnc4)CC3)cc2)n1. The number of nitrogens with zero attached hydrogens (tertiary/aromatic N) is 4. The van der Waals surface area contributed by atoms with Crippen molar-refractivity contribution in [2.45, 2.75) is 26.2 Å². The molecule has 0 aliphatic carbocycles. The Morgan fingerprint density at radius 2 is 1.93 bits per heavy atom. The Hall–Kier alpha value is -3.35. The van der Waals surface area contributed by atoms with E-state index in [-0.39, 0.29) is 6.09 Å². The number of hydrogen-bond donors (Lipinski definition) is 0. The van der Waals surface area contributed by atoms with E-state index in [1.165, 1.54) is 0 Å². The van der Waals surface area contributed by atoms with Crippen LogP contribution in [-0.2, 0) is 6.42 Å². The molecule has 0 N–H and O–H groups in total. The minimum Gasteiger partial charge on any atom is -0.413 e. The summed E-state index contributed by atoms with van der Waals surface area (Å²) in [6.07, 6.45) is 7.34. The molecule has 0 unspecified atom stereocenters. The molecule has 30 heavy (non-hydrogen) atoms. The van der Waals surface area contributed by atoms with Crippen LogP contribution in [-0.4, -0.2) is 45.4 Å². The first kappa shape index (κ1) is 19.9. The Balaban J connectivity index is 1.23. The van der Waals surface area contributed by atoms with Crippen molar-refractivity contribution in [2.24, 2.45) is 5.92 Å². The van der Waals surface area contributed by atoms with Gasteiger partial charge in [0.05, 0.1) is 6.20 Å². The molecule has 3 heterocycles. The van der Waals surface area contributed by atoms with E-state index in [4.69, 9.17) is 9.57 Å². The number of rotatable bonds is 6. The number of amides is 1. The number of imidazole rings is 1. The molecular weight excluding hydrogens is 380 g/mol. The molecule has 3 aromatic rings.